The molecule has 0 fully saturated rings. The fourth-order valence-electron chi connectivity index (χ4n) is 1.72. The Bertz CT molecular complexity index is 567. The van der Waals surface area contributed by atoms with Gasteiger partial charge in [0.25, 0.3) is 10.0 Å². The molecule has 1 aromatic rings. The SMILES string of the molecule is O=C(O)CCCc1ccc2c(c1)NS(=O)(=O)CO2. The molecule has 0 saturated carbocycles. The van der Waals surface area contributed by atoms with E-state index in [2.05, 4.69) is 4.72 Å². The number of fused-ring (bicyclic) bond motifs is 1. The molecule has 2 N–H and O–H groups in total. The summed E-state index contributed by atoms with van der Waals surface area (Å²) in [5.41, 5.74) is 1.29. The molecule has 2 rings (SSSR count). The van der Waals surface area contributed by atoms with E-state index in [1.165, 1.54) is 0 Å². The molecule has 0 spiro atoms. The third-order valence-electron chi connectivity index (χ3n) is 2.54. The van der Waals surface area contributed by atoms with Crippen LogP contribution in [0.15, 0.2) is 18.2 Å². The largest absolute Gasteiger partial charge is 0.481 e. The number of benzene rings is 1. The highest BCUT2D eigenvalue weighted by Gasteiger charge is 2.21. The first kappa shape index (κ1) is 12.7. The zero-order valence-electron chi connectivity index (χ0n) is 9.55. The first-order valence-electron chi connectivity index (χ1n) is 5.44. The Morgan fingerprint density at radius 1 is 1.44 bits per heavy atom. The number of anilines is 1. The average molecular weight is 271 g/mol. The van der Waals surface area contributed by atoms with E-state index in [1.54, 1.807) is 18.2 Å². The topological polar surface area (TPSA) is 92.7 Å². The van der Waals surface area contributed by atoms with E-state index >= 15 is 0 Å². The summed E-state index contributed by atoms with van der Waals surface area (Å²) in [5.74, 6) is -0.720. The second kappa shape index (κ2) is 4.85. The average Bonchev–Trinajstić information content (AvgIpc) is 2.26. The number of ether oxygens (including phenoxy) is 1. The number of sulfonamides is 1. The molecule has 0 amide bonds. The molecule has 0 aliphatic carbocycles. The summed E-state index contributed by atoms with van der Waals surface area (Å²) >= 11 is 0. The molecule has 0 bridgehead atoms. The molecule has 0 radical (unpaired) electrons. The molecule has 0 saturated heterocycles. The lowest BCUT2D eigenvalue weighted by Gasteiger charge is -2.19. The van der Waals surface area contributed by atoms with Crippen LogP contribution in [0.25, 0.3) is 0 Å². The quantitative estimate of drug-likeness (QED) is 0.858. The van der Waals surface area contributed by atoms with Crippen molar-refractivity contribution in [2.45, 2.75) is 19.3 Å². The lowest BCUT2D eigenvalue weighted by atomic mass is 10.1. The minimum atomic E-state index is -3.41. The van der Waals surface area contributed by atoms with Crippen LogP contribution in [-0.2, 0) is 21.2 Å². The van der Waals surface area contributed by atoms with Gasteiger partial charge in [-0.2, -0.15) is 0 Å². The van der Waals surface area contributed by atoms with Crippen LogP contribution in [0.1, 0.15) is 18.4 Å². The van der Waals surface area contributed by atoms with Gasteiger partial charge in [-0.05, 0) is 30.5 Å². The highest BCUT2D eigenvalue weighted by Crippen LogP contribution is 2.30. The van der Waals surface area contributed by atoms with Crippen LogP contribution in [0.3, 0.4) is 0 Å². The predicted molar refractivity (Wildman–Crippen MR) is 65.1 cm³/mol. The Hall–Kier alpha value is -1.76. The standard InChI is InChI=1S/C11H13NO5S/c13-11(14)3-1-2-8-4-5-10-9(6-8)12-18(15,16)7-17-10/h4-6,12H,1-3,7H2,(H,13,14). The van der Waals surface area contributed by atoms with E-state index in [0.29, 0.717) is 24.3 Å². The summed E-state index contributed by atoms with van der Waals surface area (Å²) < 4.78 is 30.1. The molecule has 18 heavy (non-hydrogen) atoms. The fraction of sp³-hybridized carbons (Fsp3) is 0.364. The van der Waals surface area contributed by atoms with Gasteiger partial charge in [0, 0.05) is 6.42 Å². The molecular weight excluding hydrogens is 258 g/mol. The molecular formula is C11H13NO5S. The van der Waals surface area contributed by atoms with Crippen molar-refractivity contribution in [3.8, 4) is 5.75 Å². The molecule has 0 atom stereocenters. The normalized spacial score (nSPS) is 16.2. The molecule has 1 aliphatic heterocycles. The maximum absolute atomic E-state index is 11.3. The van der Waals surface area contributed by atoms with Crippen LogP contribution in [0.4, 0.5) is 5.69 Å². The number of hydrogen-bond donors (Lipinski definition) is 2. The number of aryl methyl sites for hydroxylation is 1. The van der Waals surface area contributed by atoms with Gasteiger partial charge in [-0.3, -0.25) is 9.52 Å². The van der Waals surface area contributed by atoms with Gasteiger partial charge in [-0.25, -0.2) is 8.42 Å². The zero-order valence-corrected chi connectivity index (χ0v) is 10.4. The molecule has 98 valence electrons. The van der Waals surface area contributed by atoms with Crippen molar-refractivity contribution in [1.82, 2.24) is 0 Å². The Morgan fingerprint density at radius 3 is 2.94 bits per heavy atom. The number of hydrogen-bond acceptors (Lipinski definition) is 4. The van der Waals surface area contributed by atoms with Crippen LogP contribution in [0.2, 0.25) is 0 Å². The van der Waals surface area contributed by atoms with Crippen LogP contribution < -0.4 is 9.46 Å². The summed E-state index contributed by atoms with van der Waals surface area (Å²) in [7, 11) is -3.41. The van der Waals surface area contributed by atoms with Crippen molar-refractivity contribution in [3.05, 3.63) is 23.8 Å². The summed E-state index contributed by atoms with van der Waals surface area (Å²) in [5, 5.41) is 8.54. The highest BCUT2D eigenvalue weighted by molar-refractivity contribution is 7.92. The minimum absolute atomic E-state index is 0.0965. The third kappa shape index (κ3) is 3.13. The van der Waals surface area contributed by atoms with Gasteiger partial charge in [0.15, 0.2) is 0 Å². The predicted octanol–water partition coefficient (Wildman–Crippen LogP) is 1.19. The zero-order chi connectivity index (χ0) is 13.2. The Kier molecular flexibility index (Phi) is 3.42. The van der Waals surface area contributed by atoms with Crippen molar-refractivity contribution >= 4 is 21.7 Å². The van der Waals surface area contributed by atoms with Crippen molar-refractivity contribution < 1.29 is 23.1 Å². The number of nitrogens with one attached hydrogen (secondary N) is 1. The monoisotopic (exact) mass is 271 g/mol. The smallest absolute Gasteiger partial charge is 0.303 e. The first-order valence-corrected chi connectivity index (χ1v) is 7.09. The maximum atomic E-state index is 11.3. The van der Waals surface area contributed by atoms with E-state index in [4.69, 9.17) is 9.84 Å². The number of carbonyl (C=O) groups is 1. The summed E-state index contributed by atoms with van der Waals surface area (Å²) in [4.78, 5) is 10.4. The maximum Gasteiger partial charge on any atom is 0.303 e. The van der Waals surface area contributed by atoms with Crippen molar-refractivity contribution in [3.63, 3.8) is 0 Å². The fourth-order valence-corrected chi connectivity index (χ4v) is 2.56. The Balaban J connectivity index is 2.09. The van der Waals surface area contributed by atoms with Gasteiger partial charge in [0.2, 0.25) is 5.94 Å². The number of carboxylic acid groups (broad SMARTS) is 1. The number of aliphatic carboxylic acids is 1. The molecule has 0 unspecified atom stereocenters. The lowest BCUT2D eigenvalue weighted by Crippen LogP contribution is -2.25. The molecule has 1 aliphatic rings. The van der Waals surface area contributed by atoms with Gasteiger partial charge in [0.1, 0.15) is 5.75 Å². The Morgan fingerprint density at radius 2 is 2.22 bits per heavy atom. The van der Waals surface area contributed by atoms with Gasteiger partial charge in [0.05, 0.1) is 5.69 Å². The second-order valence-electron chi connectivity index (χ2n) is 4.06. The van der Waals surface area contributed by atoms with E-state index in [1.807, 2.05) is 0 Å². The number of carboxylic acids is 1. The number of rotatable bonds is 4. The van der Waals surface area contributed by atoms with Crippen LogP contribution in [-0.4, -0.2) is 25.4 Å². The summed E-state index contributed by atoms with van der Waals surface area (Å²) in [6, 6.07) is 5.17. The third-order valence-corrected chi connectivity index (χ3v) is 3.49. The summed E-state index contributed by atoms with van der Waals surface area (Å²) in [6.07, 6.45) is 1.20. The van der Waals surface area contributed by atoms with Gasteiger partial charge < -0.3 is 9.84 Å². The van der Waals surface area contributed by atoms with E-state index in [-0.39, 0.29) is 12.4 Å². The molecule has 1 aromatic carbocycles. The molecule has 7 heteroatoms. The van der Waals surface area contributed by atoms with E-state index in [0.717, 1.165) is 5.56 Å². The van der Waals surface area contributed by atoms with Gasteiger partial charge >= 0.3 is 5.97 Å². The Labute approximate surface area is 105 Å². The van der Waals surface area contributed by atoms with Crippen LogP contribution in [0, 0.1) is 0 Å². The lowest BCUT2D eigenvalue weighted by molar-refractivity contribution is -0.137. The van der Waals surface area contributed by atoms with Crippen LogP contribution in [0.5, 0.6) is 5.75 Å². The van der Waals surface area contributed by atoms with Crippen molar-refractivity contribution in [1.29, 1.82) is 0 Å². The van der Waals surface area contributed by atoms with Gasteiger partial charge in [-0.1, -0.05) is 6.07 Å². The molecule has 6 nitrogen and oxygen atoms in total. The van der Waals surface area contributed by atoms with Crippen molar-refractivity contribution in [2.75, 3.05) is 10.7 Å². The molecule has 0 aromatic heterocycles. The molecule has 1 heterocycles. The van der Waals surface area contributed by atoms with Gasteiger partial charge in [-0.15, -0.1) is 0 Å². The van der Waals surface area contributed by atoms with Crippen molar-refractivity contribution in [2.24, 2.45) is 0 Å². The highest BCUT2D eigenvalue weighted by atomic mass is 32.2. The second-order valence-corrected chi connectivity index (χ2v) is 5.73. The van der Waals surface area contributed by atoms with Crippen LogP contribution >= 0.6 is 0 Å². The van der Waals surface area contributed by atoms with E-state index in [9.17, 15) is 13.2 Å². The first-order chi connectivity index (χ1) is 8.46. The van der Waals surface area contributed by atoms with E-state index < -0.39 is 16.0 Å². The summed E-state index contributed by atoms with van der Waals surface area (Å²) in [6.45, 7) is 0. The minimum Gasteiger partial charge on any atom is -0.481 e.